The maximum atomic E-state index is 12.6. The van der Waals surface area contributed by atoms with Gasteiger partial charge in [0.05, 0.1) is 0 Å². The summed E-state index contributed by atoms with van der Waals surface area (Å²) in [6.07, 6.45) is -2.49. The van der Waals surface area contributed by atoms with Gasteiger partial charge in [0.25, 0.3) is 6.43 Å². The molecule has 0 radical (unpaired) electrons. The van der Waals surface area contributed by atoms with Crippen molar-refractivity contribution in [2.75, 3.05) is 6.61 Å². The van der Waals surface area contributed by atoms with Crippen LogP contribution in [0.15, 0.2) is 22.7 Å². The highest BCUT2D eigenvalue weighted by Gasteiger charge is 2.16. The Morgan fingerprint density at radius 3 is 2.50 bits per heavy atom. The second kappa shape index (κ2) is 4.84. The molecule has 1 aromatic rings. The van der Waals surface area contributed by atoms with Gasteiger partial charge in [-0.1, -0.05) is 28.9 Å². The highest BCUT2D eigenvalue weighted by atomic mass is 79.9. The molecule has 78 valence electrons. The van der Waals surface area contributed by atoms with E-state index in [4.69, 9.17) is 5.11 Å². The molecule has 0 fully saturated rings. The molecule has 0 bridgehead atoms. The van der Waals surface area contributed by atoms with Crippen LogP contribution in [0.5, 0.6) is 0 Å². The molecule has 0 aliphatic heterocycles. The van der Waals surface area contributed by atoms with Gasteiger partial charge in [0.2, 0.25) is 0 Å². The Morgan fingerprint density at radius 2 is 2.00 bits per heavy atom. The predicted octanol–water partition coefficient (Wildman–Crippen LogP) is 3.48. The maximum absolute atomic E-state index is 12.6. The molecule has 1 nitrogen and oxygen atoms in total. The Hall–Kier alpha value is -0.480. The molecule has 0 amide bonds. The fraction of sp³-hybridized carbons (Fsp3) is 0.400. The average Bonchev–Trinajstić information content (AvgIpc) is 2.16. The molecule has 0 saturated heterocycles. The zero-order chi connectivity index (χ0) is 10.7. The molecule has 14 heavy (non-hydrogen) atoms. The van der Waals surface area contributed by atoms with Gasteiger partial charge in [-0.3, -0.25) is 0 Å². The molecule has 4 heteroatoms. The van der Waals surface area contributed by atoms with Crippen molar-refractivity contribution in [1.29, 1.82) is 0 Å². The quantitative estimate of drug-likeness (QED) is 0.887. The van der Waals surface area contributed by atoms with Crippen LogP contribution in [0.25, 0.3) is 0 Å². The number of aliphatic hydroxyl groups excluding tert-OH is 1. The minimum atomic E-state index is -2.49. The molecular formula is C10H11BrF2O. The van der Waals surface area contributed by atoms with Crippen LogP contribution in [0, 0.1) is 0 Å². The molecule has 0 aliphatic rings. The number of alkyl halides is 2. The van der Waals surface area contributed by atoms with Crippen molar-refractivity contribution in [2.45, 2.75) is 19.3 Å². The lowest BCUT2D eigenvalue weighted by Gasteiger charge is -2.14. The summed E-state index contributed by atoms with van der Waals surface area (Å²) in [7, 11) is 0. The van der Waals surface area contributed by atoms with E-state index in [-0.39, 0.29) is 18.1 Å². The van der Waals surface area contributed by atoms with Gasteiger partial charge in [-0.25, -0.2) is 8.78 Å². The highest BCUT2D eigenvalue weighted by molar-refractivity contribution is 9.10. The molecule has 1 unspecified atom stereocenters. The second-order valence-corrected chi connectivity index (χ2v) is 4.07. The number of benzene rings is 1. The lowest BCUT2D eigenvalue weighted by molar-refractivity contribution is 0.149. The fourth-order valence-corrected chi connectivity index (χ4v) is 1.65. The van der Waals surface area contributed by atoms with Crippen LogP contribution in [-0.4, -0.2) is 11.7 Å². The van der Waals surface area contributed by atoms with Crippen molar-refractivity contribution in [2.24, 2.45) is 0 Å². The highest BCUT2D eigenvalue weighted by Crippen LogP contribution is 2.30. The van der Waals surface area contributed by atoms with Crippen molar-refractivity contribution >= 4 is 15.9 Å². The van der Waals surface area contributed by atoms with E-state index >= 15 is 0 Å². The van der Waals surface area contributed by atoms with Gasteiger partial charge in [0.15, 0.2) is 0 Å². The summed E-state index contributed by atoms with van der Waals surface area (Å²) in [5.74, 6) is -0.267. The van der Waals surface area contributed by atoms with Gasteiger partial charge in [0.1, 0.15) is 0 Å². The van der Waals surface area contributed by atoms with Crippen molar-refractivity contribution in [3.05, 3.63) is 33.8 Å². The third-order valence-electron chi connectivity index (χ3n) is 2.09. The first-order valence-corrected chi connectivity index (χ1v) is 5.04. The molecule has 0 saturated carbocycles. The number of hydrogen-bond acceptors (Lipinski definition) is 1. The summed E-state index contributed by atoms with van der Waals surface area (Å²) in [5, 5.41) is 8.93. The summed E-state index contributed by atoms with van der Waals surface area (Å²) < 4.78 is 25.9. The van der Waals surface area contributed by atoms with Gasteiger partial charge in [-0.15, -0.1) is 0 Å². The van der Waals surface area contributed by atoms with Gasteiger partial charge < -0.3 is 5.11 Å². The molecule has 0 spiro atoms. The topological polar surface area (TPSA) is 20.2 Å². The fourth-order valence-electron chi connectivity index (χ4n) is 1.27. The Morgan fingerprint density at radius 1 is 1.36 bits per heavy atom. The minimum Gasteiger partial charge on any atom is -0.396 e. The van der Waals surface area contributed by atoms with Crippen LogP contribution in [0.4, 0.5) is 8.78 Å². The van der Waals surface area contributed by atoms with Crippen molar-refractivity contribution in [3.8, 4) is 0 Å². The summed E-state index contributed by atoms with van der Waals surface area (Å²) in [5.41, 5.74) is 0.492. The normalized spacial score (nSPS) is 13.3. The summed E-state index contributed by atoms with van der Waals surface area (Å²) >= 11 is 3.22. The number of halogens is 3. The largest absolute Gasteiger partial charge is 0.396 e. The lowest BCUT2D eigenvalue weighted by atomic mass is 9.97. The van der Waals surface area contributed by atoms with Gasteiger partial charge in [0, 0.05) is 22.6 Å². The Labute approximate surface area is 89.9 Å². The molecule has 1 aromatic carbocycles. The first kappa shape index (κ1) is 11.6. The SMILES string of the molecule is CC(CO)c1cc(Br)ccc1C(F)F. The van der Waals surface area contributed by atoms with E-state index in [2.05, 4.69) is 15.9 Å². The van der Waals surface area contributed by atoms with E-state index in [0.717, 1.165) is 4.47 Å². The third kappa shape index (κ3) is 2.51. The minimum absolute atomic E-state index is 0.00486. The van der Waals surface area contributed by atoms with Crippen LogP contribution in [0.1, 0.15) is 30.4 Å². The monoisotopic (exact) mass is 264 g/mol. The first-order chi connectivity index (χ1) is 6.56. The molecule has 1 rings (SSSR count). The molecular weight excluding hydrogens is 254 g/mol. The number of rotatable bonds is 3. The van der Waals surface area contributed by atoms with E-state index < -0.39 is 6.43 Å². The van der Waals surface area contributed by atoms with Crippen LogP contribution < -0.4 is 0 Å². The van der Waals surface area contributed by atoms with Gasteiger partial charge in [-0.2, -0.15) is 0 Å². The predicted molar refractivity (Wildman–Crippen MR) is 54.6 cm³/mol. The van der Waals surface area contributed by atoms with E-state index in [9.17, 15) is 8.78 Å². The summed E-state index contributed by atoms with van der Waals surface area (Å²) in [6.45, 7) is 1.59. The molecule has 1 N–H and O–H groups in total. The van der Waals surface area contributed by atoms with Crippen LogP contribution in [0.3, 0.4) is 0 Å². The number of aliphatic hydroxyl groups is 1. The second-order valence-electron chi connectivity index (χ2n) is 3.16. The summed E-state index contributed by atoms with van der Waals surface area (Å²) in [6, 6.07) is 4.59. The Balaban J connectivity index is 3.15. The van der Waals surface area contributed by atoms with Crippen LogP contribution >= 0.6 is 15.9 Å². The molecule has 0 aromatic heterocycles. The summed E-state index contributed by atoms with van der Waals surface area (Å²) in [4.78, 5) is 0. The average molecular weight is 265 g/mol. The standard InChI is InChI=1S/C10H11BrF2O/c1-6(5-14)9-4-7(11)2-3-8(9)10(12)13/h2-4,6,10,14H,5H2,1H3. The van der Waals surface area contributed by atoms with E-state index in [0.29, 0.717) is 5.56 Å². The number of hydrogen-bond donors (Lipinski definition) is 1. The molecule has 0 aliphatic carbocycles. The smallest absolute Gasteiger partial charge is 0.264 e. The van der Waals surface area contributed by atoms with Crippen molar-refractivity contribution in [1.82, 2.24) is 0 Å². The Bertz CT molecular complexity index is 315. The third-order valence-corrected chi connectivity index (χ3v) is 2.58. The van der Waals surface area contributed by atoms with Crippen molar-refractivity contribution < 1.29 is 13.9 Å². The molecule has 0 heterocycles. The van der Waals surface area contributed by atoms with Crippen LogP contribution in [-0.2, 0) is 0 Å². The van der Waals surface area contributed by atoms with Gasteiger partial charge >= 0.3 is 0 Å². The first-order valence-electron chi connectivity index (χ1n) is 4.24. The van der Waals surface area contributed by atoms with E-state index in [1.165, 1.54) is 6.07 Å². The zero-order valence-corrected chi connectivity index (χ0v) is 9.26. The van der Waals surface area contributed by atoms with E-state index in [1.54, 1.807) is 19.1 Å². The lowest BCUT2D eigenvalue weighted by Crippen LogP contribution is -2.03. The zero-order valence-electron chi connectivity index (χ0n) is 7.67. The Kier molecular flexibility index (Phi) is 4.01. The van der Waals surface area contributed by atoms with Crippen molar-refractivity contribution in [3.63, 3.8) is 0 Å². The maximum Gasteiger partial charge on any atom is 0.264 e. The molecule has 1 atom stereocenters. The van der Waals surface area contributed by atoms with Crippen LogP contribution in [0.2, 0.25) is 0 Å². The van der Waals surface area contributed by atoms with E-state index in [1.807, 2.05) is 0 Å². The van der Waals surface area contributed by atoms with Gasteiger partial charge in [-0.05, 0) is 17.7 Å².